The highest BCUT2D eigenvalue weighted by Crippen LogP contribution is 2.38. The number of nitrogens with zero attached hydrogens (tertiary/aromatic N) is 7. The van der Waals surface area contributed by atoms with Gasteiger partial charge in [0.1, 0.15) is 47.8 Å². The van der Waals surface area contributed by atoms with Crippen LogP contribution in [0.25, 0.3) is 0 Å². The van der Waals surface area contributed by atoms with E-state index in [2.05, 4.69) is 21.3 Å². The molecule has 4 N–H and O–H groups in total. The van der Waals surface area contributed by atoms with Gasteiger partial charge in [-0.05, 0) is 114 Å². The molecule has 0 bridgehead atoms. The van der Waals surface area contributed by atoms with Crippen molar-refractivity contribution in [3.63, 3.8) is 0 Å². The van der Waals surface area contributed by atoms with Gasteiger partial charge in [-0.1, -0.05) is 95.7 Å². The Labute approximate surface area is 533 Å². The molecule has 5 fully saturated rings. The molecule has 5 aliphatic rings. The number of aryl methyl sites for hydroxylation is 1. The first-order valence-electron chi connectivity index (χ1n) is 32.3. The van der Waals surface area contributed by atoms with Crippen LogP contribution in [0.4, 0.5) is 13.2 Å². The van der Waals surface area contributed by atoms with Crippen LogP contribution < -0.4 is 21.3 Å². The SMILES string of the molecule is CC[C@H](C)[C@@H]1NC(=O)[C@H](C)N(C)C(=O)C[C@@H](C)NC(=O)[C@H](C2CCCC2)N(C)C(=O)C2(CCCC2)NC(=O)[C@@H]2CCCN2C(=O)[C@H](CCc2ccc(C(F)(F)F)c(Cl)c2)NC(=O)[C@@H](C)N(C)C(=O)[C@H](CC2CCCCC2)N(C)C(=O)CN(C)C(=O)CN(C)C1=O. The molecule has 1 aromatic rings. The van der Waals surface area contributed by atoms with Gasteiger partial charge in [-0.2, -0.15) is 13.2 Å². The molecule has 26 heteroatoms. The van der Waals surface area contributed by atoms with E-state index in [9.17, 15) is 56.3 Å². The molecule has 0 aromatic heterocycles. The number of carbonyl (C=O) groups excluding carboxylic acids is 11. The number of carbonyl (C=O) groups is 11. The van der Waals surface area contributed by atoms with Crippen molar-refractivity contribution in [1.29, 1.82) is 0 Å². The number of amides is 11. The molecule has 3 saturated carbocycles. The van der Waals surface area contributed by atoms with Gasteiger partial charge in [0.25, 0.3) is 0 Å². The molecule has 0 unspecified atom stereocenters. The summed E-state index contributed by atoms with van der Waals surface area (Å²) in [5, 5.41) is 11.0. The maximum Gasteiger partial charge on any atom is 0.417 e. The van der Waals surface area contributed by atoms with Gasteiger partial charge in [0.15, 0.2) is 0 Å². The Morgan fingerprint density at radius 1 is 0.633 bits per heavy atom. The van der Waals surface area contributed by atoms with E-state index in [0.717, 1.165) is 66.9 Å². The van der Waals surface area contributed by atoms with Crippen LogP contribution in [0.5, 0.6) is 0 Å². The number of nitrogens with one attached hydrogen (secondary N) is 4. The van der Waals surface area contributed by atoms with E-state index < -0.39 is 155 Å². The lowest BCUT2D eigenvalue weighted by Gasteiger charge is -2.40. The predicted octanol–water partition coefficient (Wildman–Crippen LogP) is 5.06. The first-order chi connectivity index (χ1) is 42.3. The highest BCUT2D eigenvalue weighted by Gasteiger charge is 2.50. The molecule has 90 heavy (non-hydrogen) atoms. The van der Waals surface area contributed by atoms with Crippen LogP contribution in [-0.4, -0.2) is 215 Å². The highest BCUT2D eigenvalue weighted by atomic mass is 35.5. The van der Waals surface area contributed by atoms with E-state index >= 15 is 9.59 Å². The number of hydrogen-bond acceptors (Lipinski definition) is 11. The summed E-state index contributed by atoms with van der Waals surface area (Å²) >= 11 is 6.13. The smallest absolute Gasteiger partial charge is 0.351 e. The Morgan fingerprint density at radius 3 is 1.84 bits per heavy atom. The normalized spacial score (nSPS) is 28.1. The molecule has 11 amide bonds. The Balaban J connectivity index is 1.36. The third-order valence-corrected chi connectivity index (χ3v) is 20.2. The van der Waals surface area contributed by atoms with Crippen LogP contribution in [0.15, 0.2) is 18.2 Å². The summed E-state index contributed by atoms with van der Waals surface area (Å²) in [6, 6.07) is -5.78. The third-order valence-electron chi connectivity index (χ3n) is 19.9. The van der Waals surface area contributed by atoms with Crippen LogP contribution in [0.3, 0.4) is 0 Å². The van der Waals surface area contributed by atoms with Crippen molar-refractivity contribution >= 4 is 76.6 Å². The first kappa shape index (κ1) is 72.5. The predicted molar refractivity (Wildman–Crippen MR) is 330 cm³/mol. The van der Waals surface area contributed by atoms with Gasteiger partial charge >= 0.3 is 6.18 Å². The molecule has 3 aliphatic carbocycles. The minimum Gasteiger partial charge on any atom is -0.351 e. The van der Waals surface area contributed by atoms with Crippen LogP contribution in [0.1, 0.15) is 168 Å². The maximum atomic E-state index is 15.2. The summed E-state index contributed by atoms with van der Waals surface area (Å²) in [5.74, 6) is -7.39. The van der Waals surface area contributed by atoms with Gasteiger partial charge in [-0.3, -0.25) is 52.7 Å². The first-order valence-corrected chi connectivity index (χ1v) is 32.6. The Bertz CT molecular complexity index is 2790. The number of fused-ring (bicyclic) bond motifs is 1. The molecule has 502 valence electrons. The molecular weight excluding hydrogens is 1190 g/mol. The topological polar surface area (TPSA) is 259 Å². The highest BCUT2D eigenvalue weighted by molar-refractivity contribution is 6.31. The molecule has 2 aliphatic heterocycles. The van der Waals surface area contributed by atoms with E-state index in [0.29, 0.717) is 44.1 Å². The average molecular weight is 1290 g/mol. The fraction of sp³-hybridized carbons (Fsp3) is 0.734. The number of likely N-dealkylation sites (N-methyl/N-ethyl adjacent to an activating group) is 6. The van der Waals surface area contributed by atoms with E-state index in [1.54, 1.807) is 13.8 Å². The van der Waals surface area contributed by atoms with Gasteiger partial charge in [0.2, 0.25) is 65.0 Å². The zero-order valence-electron chi connectivity index (χ0n) is 54.5. The van der Waals surface area contributed by atoms with Gasteiger partial charge < -0.3 is 55.6 Å². The molecule has 22 nitrogen and oxygen atoms in total. The molecule has 9 atom stereocenters. The minimum absolute atomic E-state index is 0.0288. The van der Waals surface area contributed by atoms with Crippen LogP contribution in [0, 0.1) is 17.8 Å². The van der Waals surface area contributed by atoms with E-state index in [1.807, 2.05) is 6.92 Å². The molecular formula is C64H97ClF3N11O11. The number of hydrogen-bond donors (Lipinski definition) is 4. The van der Waals surface area contributed by atoms with Crippen molar-refractivity contribution in [3.8, 4) is 0 Å². The van der Waals surface area contributed by atoms with Crippen molar-refractivity contribution in [2.45, 2.75) is 223 Å². The Kier molecular flexibility index (Phi) is 25.5. The second-order valence-electron chi connectivity index (χ2n) is 26.3. The van der Waals surface area contributed by atoms with E-state index in [1.165, 1.54) is 86.7 Å². The van der Waals surface area contributed by atoms with Crippen molar-refractivity contribution in [2.75, 3.05) is 61.9 Å². The molecule has 0 radical (unpaired) electrons. The summed E-state index contributed by atoms with van der Waals surface area (Å²) in [4.78, 5) is 168. The summed E-state index contributed by atoms with van der Waals surface area (Å²) in [7, 11) is 8.58. The van der Waals surface area contributed by atoms with Gasteiger partial charge in [0.05, 0.1) is 23.7 Å². The second-order valence-corrected chi connectivity index (χ2v) is 26.7. The number of rotatable bonds is 8. The van der Waals surface area contributed by atoms with Gasteiger partial charge in [-0.25, -0.2) is 0 Å². The summed E-state index contributed by atoms with van der Waals surface area (Å²) in [5.41, 5.74) is -2.22. The number of halogens is 4. The lowest BCUT2D eigenvalue weighted by Crippen LogP contribution is -2.64. The quantitative estimate of drug-likeness (QED) is 0.268. The Hall–Kier alpha value is -6.53. The van der Waals surface area contributed by atoms with Crippen molar-refractivity contribution in [3.05, 3.63) is 34.3 Å². The van der Waals surface area contributed by atoms with Gasteiger partial charge in [0, 0.05) is 61.3 Å². The fourth-order valence-corrected chi connectivity index (χ4v) is 13.9. The fourth-order valence-electron chi connectivity index (χ4n) is 13.6. The van der Waals surface area contributed by atoms with Crippen molar-refractivity contribution in [1.82, 2.24) is 55.6 Å². The monoisotopic (exact) mass is 1290 g/mol. The lowest BCUT2D eigenvalue weighted by molar-refractivity contribution is -0.150. The molecule has 2 heterocycles. The minimum atomic E-state index is -4.74. The number of benzene rings is 1. The number of alkyl halides is 3. The lowest BCUT2D eigenvalue weighted by atomic mass is 9.84. The second kappa shape index (κ2) is 31.7. The summed E-state index contributed by atoms with van der Waals surface area (Å²) < 4.78 is 41.4. The molecule has 1 spiro atoms. The zero-order valence-corrected chi connectivity index (χ0v) is 55.2. The Morgan fingerprint density at radius 2 is 1.23 bits per heavy atom. The molecule has 1 aromatic carbocycles. The summed E-state index contributed by atoms with van der Waals surface area (Å²) in [6.07, 6.45) is 4.83. The largest absolute Gasteiger partial charge is 0.417 e. The standard InChI is InChI=1S/C64H97ClF3N11O11/c1-12-38(2)53-61(89)74(7)36-51(81)73(6)37-52(82)77(10)49(35-42-21-14-13-15-22-42)60(88)76(9)41(5)55(83)70-47(29-27-43-26-28-45(46(65)34-43)64(66,67)68)59(87)79-32-20-25-48(79)57(85)72-63(30-18-19-31-63)62(90)78(11)54(44-23-16-17-24-44)58(86)69-39(3)33-50(80)75(8)40(4)56(84)71-53/h26,28,34,38-42,44,47-49,53-54H,12-25,27,29-33,35-37H2,1-11H3,(H,69,86)(H,70,83)(H,71,84)(H,72,85)/t38-,39+,40-,41+,47-,48-,49-,53-,54-/m0/s1. The van der Waals surface area contributed by atoms with Crippen LogP contribution in [0.2, 0.25) is 5.02 Å². The van der Waals surface area contributed by atoms with Crippen LogP contribution >= 0.6 is 11.6 Å². The maximum absolute atomic E-state index is 15.2. The molecule has 2 saturated heterocycles. The summed E-state index contributed by atoms with van der Waals surface area (Å²) in [6.45, 7) is 7.25. The van der Waals surface area contributed by atoms with E-state index in [4.69, 9.17) is 11.6 Å². The molecule has 6 rings (SSSR count). The zero-order chi connectivity index (χ0) is 66.7. The van der Waals surface area contributed by atoms with Gasteiger partial charge in [-0.15, -0.1) is 0 Å². The van der Waals surface area contributed by atoms with E-state index in [-0.39, 0.29) is 63.3 Å². The third kappa shape index (κ3) is 17.7. The van der Waals surface area contributed by atoms with Crippen LogP contribution in [-0.2, 0) is 65.3 Å². The van der Waals surface area contributed by atoms with Crippen molar-refractivity contribution < 1.29 is 65.9 Å². The average Bonchev–Trinajstić information content (AvgIpc) is 1.55. The van der Waals surface area contributed by atoms with Crippen molar-refractivity contribution in [2.24, 2.45) is 17.8 Å².